The van der Waals surface area contributed by atoms with Crippen molar-refractivity contribution in [1.82, 2.24) is 9.97 Å². The van der Waals surface area contributed by atoms with Crippen LogP contribution in [0.25, 0.3) is 11.3 Å². The first-order valence-corrected chi connectivity index (χ1v) is 12.1. The maximum atomic E-state index is 12.7. The molecule has 0 aliphatic heterocycles. The van der Waals surface area contributed by atoms with Crippen molar-refractivity contribution < 1.29 is 9.53 Å². The molecule has 4 nitrogen and oxygen atoms in total. The van der Waals surface area contributed by atoms with Gasteiger partial charge in [-0.05, 0) is 36.8 Å². The number of ether oxygens (including phenoxy) is 1. The van der Waals surface area contributed by atoms with Crippen LogP contribution in [0, 0.1) is 5.92 Å². The summed E-state index contributed by atoms with van der Waals surface area (Å²) in [6.07, 6.45) is 11.7. The van der Waals surface area contributed by atoms with Gasteiger partial charge in [0.1, 0.15) is 12.4 Å². The minimum atomic E-state index is -0.0248. The molecule has 168 valence electrons. The van der Waals surface area contributed by atoms with E-state index in [9.17, 15) is 4.79 Å². The van der Waals surface area contributed by atoms with E-state index in [2.05, 4.69) is 29.2 Å². The number of nitrogens with one attached hydrogen (secondary N) is 1. The van der Waals surface area contributed by atoms with Crippen LogP contribution < -0.4 is 0 Å². The first-order chi connectivity index (χ1) is 15.8. The molecule has 0 bridgehead atoms. The molecule has 1 aliphatic carbocycles. The number of benzene rings is 2. The zero-order valence-corrected chi connectivity index (χ0v) is 18.8. The van der Waals surface area contributed by atoms with Gasteiger partial charge >= 0.3 is 5.97 Å². The molecule has 0 amide bonds. The van der Waals surface area contributed by atoms with Gasteiger partial charge in [-0.1, -0.05) is 92.8 Å². The van der Waals surface area contributed by atoms with Gasteiger partial charge in [-0.2, -0.15) is 0 Å². The number of H-pyrrole nitrogens is 1. The number of aromatic nitrogens is 2. The number of carbonyl (C=O) groups is 1. The highest BCUT2D eigenvalue weighted by Gasteiger charge is 2.22. The summed E-state index contributed by atoms with van der Waals surface area (Å²) < 4.78 is 5.65. The van der Waals surface area contributed by atoms with Gasteiger partial charge in [0.05, 0.1) is 17.8 Å². The lowest BCUT2D eigenvalue weighted by atomic mass is 9.94. The van der Waals surface area contributed by atoms with Crippen LogP contribution in [0.3, 0.4) is 0 Å². The molecule has 1 saturated carbocycles. The fourth-order valence-electron chi connectivity index (χ4n) is 4.69. The Hall–Kier alpha value is -2.88. The first-order valence-electron chi connectivity index (χ1n) is 12.1. The molecule has 0 saturated heterocycles. The van der Waals surface area contributed by atoms with Crippen LogP contribution in [0.4, 0.5) is 0 Å². The molecule has 4 heteroatoms. The Morgan fingerprint density at radius 3 is 2.22 bits per heavy atom. The van der Waals surface area contributed by atoms with Crippen molar-refractivity contribution in [2.75, 3.05) is 0 Å². The fraction of sp³-hybridized carbons (Fsp3) is 0.429. The van der Waals surface area contributed by atoms with Gasteiger partial charge in [0.25, 0.3) is 0 Å². The van der Waals surface area contributed by atoms with Crippen molar-refractivity contribution in [2.45, 2.75) is 70.3 Å². The van der Waals surface area contributed by atoms with Crippen molar-refractivity contribution in [3.05, 3.63) is 78.2 Å². The molecule has 1 aromatic heterocycles. The standard InChI is InChI=1S/C28H34N2O2/c31-28(32-21-22-12-4-1-5-13-22)25-18-9-3-8-16-24(17-10-11-19-25)27-29-20-26(30-27)23-14-6-2-7-15-23/h1-2,4-7,12-15,20,24-25H,3,8-11,16-19,21H2,(H,29,30). The summed E-state index contributed by atoms with van der Waals surface area (Å²) in [6, 6.07) is 20.3. The van der Waals surface area contributed by atoms with Crippen LogP contribution in [-0.2, 0) is 16.1 Å². The average Bonchev–Trinajstić information content (AvgIpc) is 3.31. The number of hydrogen-bond acceptors (Lipinski definition) is 3. The van der Waals surface area contributed by atoms with E-state index in [1.165, 1.54) is 12.0 Å². The van der Waals surface area contributed by atoms with Crippen LogP contribution in [0.2, 0.25) is 0 Å². The smallest absolute Gasteiger partial charge is 0.309 e. The topological polar surface area (TPSA) is 55.0 Å². The van der Waals surface area contributed by atoms with Crippen molar-refractivity contribution in [1.29, 1.82) is 0 Å². The van der Waals surface area contributed by atoms with E-state index in [-0.39, 0.29) is 11.9 Å². The van der Waals surface area contributed by atoms with Crippen LogP contribution >= 0.6 is 0 Å². The van der Waals surface area contributed by atoms with E-state index in [1.807, 2.05) is 42.6 Å². The maximum absolute atomic E-state index is 12.7. The van der Waals surface area contributed by atoms with Gasteiger partial charge < -0.3 is 9.72 Å². The van der Waals surface area contributed by atoms with E-state index in [1.54, 1.807) is 0 Å². The Balaban J connectivity index is 1.31. The molecule has 3 aromatic rings. The SMILES string of the molecule is O=C(OCc1ccccc1)C1CCCCCC(c2ncc(-c3ccccc3)[nH]2)CCCC1. The van der Waals surface area contributed by atoms with Crippen LogP contribution in [0.15, 0.2) is 66.9 Å². The van der Waals surface area contributed by atoms with Crippen molar-refractivity contribution in [3.63, 3.8) is 0 Å². The molecule has 0 spiro atoms. The summed E-state index contributed by atoms with van der Waals surface area (Å²) in [5.74, 6) is 1.59. The predicted octanol–water partition coefficient (Wildman–Crippen LogP) is 7.04. The van der Waals surface area contributed by atoms with Crippen LogP contribution in [0.1, 0.15) is 75.1 Å². The second-order valence-corrected chi connectivity index (χ2v) is 8.96. The molecular formula is C28H34N2O2. The Morgan fingerprint density at radius 1 is 0.844 bits per heavy atom. The predicted molar refractivity (Wildman–Crippen MR) is 128 cm³/mol. The molecule has 1 fully saturated rings. The third-order valence-corrected chi connectivity index (χ3v) is 6.58. The molecule has 1 N–H and O–H groups in total. The summed E-state index contributed by atoms with van der Waals surface area (Å²) in [7, 11) is 0. The number of hydrogen-bond donors (Lipinski definition) is 1. The van der Waals surface area contributed by atoms with Crippen molar-refractivity contribution >= 4 is 5.97 Å². The van der Waals surface area contributed by atoms with Gasteiger partial charge in [-0.15, -0.1) is 0 Å². The maximum Gasteiger partial charge on any atom is 0.309 e. The lowest BCUT2D eigenvalue weighted by Crippen LogP contribution is -2.18. The largest absolute Gasteiger partial charge is 0.461 e. The van der Waals surface area contributed by atoms with E-state index in [0.29, 0.717) is 12.5 Å². The highest BCUT2D eigenvalue weighted by atomic mass is 16.5. The fourth-order valence-corrected chi connectivity index (χ4v) is 4.69. The second kappa shape index (κ2) is 11.7. The third kappa shape index (κ3) is 6.32. The van der Waals surface area contributed by atoms with E-state index >= 15 is 0 Å². The minimum Gasteiger partial charge on any atom is -0.461 e. The first kappa shape index (κ1) is 22.3. The van der Waals surface area contributed by atoms with Gasteiger partial charge in [0.2, 0.25) is 0 Å². The van der Waals surface area contributed by atoms with E-state index in [4.69, 9.17) is 9.72 Å². The highest BCUT2D eigenvalue weighted by molar-refractivity contribution is 5.72. The van der Waals surface area contributed by atoms with Crippen molar-refractivity contribution in [3.8, 4) is 11.3 Å². The molecular weight excluding hydrogens is 396 g/mol. The Bertz CT molecular complexity index is 952. The number of aromatic amines is 1. The molecule has 1 heterocycles. The summed E-state index contributed by atoms with van der Waals surface area (Å²) in [5.41, 5.74) is 3.32. The summed E-state index contributed by atoms with van der Waals surface area (Å²) >= 11 is 0. The van der Waals surface area contributed by atoms with E-state index in [0.717, 1.165) is 68.4 Å². The number of esters is 1. The number of imidazole rings is 1. The highest BCUT2D eigenvalue weighted by Crippen LogP contribution is 2.31. The summed E-state index contributed by atoms with van der Waals surface area (Å²) in [4.78, 5) is 21.0. The van der Waals surface area contributed by atoms with Crippen LogP contribution in [0.5, 0.6) is 0 Å². The van der Waals surface area contributed by atoms with Gasteiger partial charge in [0, 0.05) is 5.92 Å². The van der Waals surface area contributed by atoms with E-state index < -0.39 is 0 Å². The lowest BCUT2D eigenvalue weighted by molar-refractivity contribution is -0.150. The zero-order chi connectivity index (χ0) is 22.0. The third-order valence-electron chi connectivity index (χ3n) is 6.58. The molecule has 32 heavy (non-hydrogen) atoms. The van der Waals surface area contributed by atoms with Gasteiger partial charge in [0.15, 0.2) is 0 Å². The molecule has 1 aliphatic rings. The van der Waals surface area contributed by atoms with Gasteiger partial charge in [-0.3, -0.25) is 4.79 Å². The molecule has 2 atom stereocenters. The number of rotatable bonds is 5. The molecule has 0 radical (unpaired) electrons. The van der Waals surface area contributed by atoms with Crippen LogP contribution in [-0.4, -0.2) is 15.9 Å². The summed E-state index contributed by atoms with van der Waals surface area (Å²) in [6.45, 7) is 0.375. The average molecular weight is 431 g/mol. The summed E-state index contributed by atoms with van der Waals surface area (Å²) in [5, 5.41) is 0. The monoisotopic (exact) mass is 430 g/mol. The molecule has 4 rings (SSSR count). The normalized spacial score (nSPS) is 20.2. The lowest BCUT2D eigenvalue weighted by Gasteiger charge is -2.16. The number of nitrogens with zero attached hydrogens (tertiary/aromatic N) is 1. The van der Waals surface area contributed by atoms with Gasteiger partial charge in [-0.25, -0.2) is 4.98 Å². The van der Waals surface area contributed by atoms with Crippen molar-refractivity contribution in [2.24, 2.45) is 5.92 Å². The molecule has 2 aromatic carbocycles. The second-order valence-electron chi connectivity index (χ2n) is 8.96. The number of carbonyl (C=O) groups excluding carboxylic acids is 1. The zero-order valence-electron chi connectivity index (χ0n) is 18.8. The quantitative estimate of drug-likeness (QED) is 0.441. The Kier molecular flexibility index (Phi) is 8.13. The molecule has 2 unspecified atom stereocenters. The minimum absolute atomic E-state index is 0.0248. The Morgan fingerprint density at radius 2 is 1.47 bits per heavy atom. The Labute approximate surface area is 191 Å².